The lowest BCUT2D eigenvalue weighted by Gasteiger charge is -2.26. The monoisotopic (exact) mass is 371 g/mol. The number of nitrogens with one attached hydrogen (secondary N) is 3. The van der Waals surface area contributed by atoms with E-state index in [1.165, 1.54) is 0 Å². The average molecular weight is 371 g/mol. The van der Waals surface area contributed by atoms with Crippen LogP contribution in [0.5, 0.6) is 5.75 Å². The standard InChI is InChI=1S/C20H25N3O4/c1-13(27-18-11-6-14-4-2-3-5-15(14)12-18)19(25)22-23-20(26)21-16-7-9-17(24)10-8-16/h2-6,11-13,16-17,24H,7-10H2,1H3,(H,22,25)(H2,21,23,26)/t13-,16?,17?/m0/s1. The Morgan fingerprint density at radius 1 is 1.04 bits per heavy atom. The number of ether oxygens (including phenoxy) is 1. The summed E-state index contributed by atoms with van der Waals surface area (Å²) in [5.41, 5.74) is 4.71. The Morgan fingerprint density at radius 3 is 2.48 bits per heavy atom. The van der Waals surface area contributed by atoms with Crippen molar-refractivity contribution in [2.45, 2.75) is 50.9 Å². The molecule has 0 spiro atoms. The van der Waals surface area contributed by atoms with E-state index in [0.717, 1.165) is 23.6 Å². The minimum atomic E-state index is -0.767. The summed E-state index contributed by atoms with van der Waals surface area (Å²) in [5, 5.41) is 14.4. The highest BCUT2D eigenvalue weighted by Gasteiger charge is 2.21. The van der Waals surface area contributed by atoms with Gasteiger partial charge in [-0.3, -0.25) is 10.2 Å². The highest BCUT2D eigenvalue weighted by molar-refractivity contribution is 5.85. The Labute approximate surface area is 158 Å². The molecule has 0 bridgehead atoms. The van der Waals surface area contributed by atoms with Crippen molar-refractivity contribution in [1.29, 1.82) is 0 Å². The molecule has 0 radical (unpaired) electrons. The molecule has 0 heterocycles. The van der Waals surface area contributed by atoms with Crippen molar-refractivity contribution in [3.05, 3.63) is 42.5 Å². The van der Waals surface area contributed by atoms with E-state index in [1.54, 1.807) is 6.92 Å². The lowest BCUT2D eigenvalue weighted by atomic mass is 9.93. The molecule has 144 valence electrons. The molecule has 0 aliphatic heterocycles. The fraction of sp³-hybridized carbons (Fsp3) is 0.400. The normalized spacial score (nSPS) is 20.5. The van der Waals surface area contributed by atoms with E-state index in [-0.39, 0.29) is 12.1 Å². The molecule has 7 nitrogen and oxygen atoms in total. The molecule has 1 aliphatic carbocycles. The molecule has 2 aromatic rings. The van der Waals surface area contributed by atoms with Crippen LogP contribution in [0.25, 0.3) is 10.8 Å². The van der Waals surface area contributed by atoms with E-state index in [0.29, 0.717) is 18.6 Å². The third-order valence-corrected chi connectivity index (χ3v) is 4.73. The summed E-state index contributed by atoms with van der Waals surface area (Å²) in [5.74, 6) is 0.138. The van der Waals surface area contributed by atoms with E-state index in [4.69, 9.17) is 4.74 Å². The second-order valence-electron chi connectivity index (χ2n) is 6.86. The number of hydrogen-bond acceptors (Lipinski definition) is 4. The first kappa shape index (κ1) is 19.0. The molecule has 0 saturated heterocycles. The summed E-state index contributed by atoms with van der Waals surface area (Å²) in [6.45, 7) is 1.62. The van der Waals surface area contributed by atoms with Crippen molar-refractivity contribution >= 4 is 22.7 Å². The first-order valence-electron chi connectivity index (χ1n) is 9.21. The Bertz CT molecular complexity index is 803. The average Bonchev–Trinajstić information content (AvgIpc) is 2.67. The van der Waals surface area contributed by atoms with Crippen molar-refractivity contribution in [3.63, 3.8) is 0 Å². The zero-order chi connectivity index (χ0) is 19.2. The maximum atomic E-state index is 12.1. The van der Waals surface area contributed by atoms with Crippen molar-refractivity contribution in [2.75, 3.05) is 0 Å². The van der Waals surface area contributed by atoms with Crippen molar-refractivity contribution in [3.8, 4) is 5.75 Å². The van der Waals surface area contributed by atoms with Crippen LogP contribution in [0.2, 0.25) is 0 Å². The molecule has 1 atom stereocenters. The molecule has 1 aliphatic rings. The smallest absolute Gasteiger partial charge is 0.333 e. The lowest BCUT2D eigenvalue weighted by Crippen LogP contribution is -2.53. The molecule has 0 aromatic heterocycles. The van der Waals surface area contributed by atoms with Gasteiger partial charge in [0.1, 0.15) is 5.75 Å². The SMILES string of the molecule is C[C@H](Oc1ccc2ccccc2c1)C(=O)NNC(=O)NC1CCC(O)CC1. The predicted molar refractivity (Wildman–Crippen MR) is 102 cm³/mol. The molecule has 0 unspecified atom stereocenters. The zero-order valence-corrected chi connectivity index (χ0v) is 15.3. The molecular formula is C20H25N3O4. The highest BCUT2D eigenvalue weighted by Crippen LogP contribution is 2.21. The van der Waals surface area contributed by atoms with Gasteiger partial charge in [0, 0.05) is 6.04 Å². The number of aliphatic hydroxyl groups is 1. The number of carbonyl (C=O) groups is 2. The number of hydrazine groups is 1. The van der Waals surface area contributed by atoms with Gasteiger partial charge >= 0.3 is 6.03 Å². The first-order chi connectivity index (χ1) is 13.0. The topological polar surface area (TPSA) is 99.7 Å². The van der Waals surface area contributed by atoms with Gasteiger partial charge in [-0.15, -0.1) is 0 Å². The van der Waals surface area contributed by atoms with Crippen LogP contribution in [0.1, 0.15) is 32.6 Å². The highest BCUT2D eigenvalue weighted by atomic mass is 16.5. The van der Waals surface area contributed by atoms with Crippen LogP contribution in [0, 0.1) is 0 Å². The van der Waals surface area contributed by atoms with E-state index in [2.05, 4.69) is 16.2 Å². The number of amides is 3. The van der Waals surface area contributed by atoms with Crippen LogP contribution < -0.4 is 20.9 Å². The van der Waals surface area contributed by atoms with E-state index >= 15 is 0 Å². The molecule has 3 amide bonds. The van der Waals surface area contributed by atoms with E-state index < -0.39 is 18.0 Å². The van der Waals surface area contributed by atoms with E-state index in [1.807, 2.05) is 42.5 Å². The third-order valence-electron chi connectivity index (χ3n) is 4.73. The van der Waals surface area contributed by atoms with Gasteiger partial charge in [0.05, 0.1) is 6.10 Å². The summed E-state index contributed by atoms with van der Waals surface area (Å²) in [6.07, 6.45) is 1.76. The molecule has 7 heteroatoms. The van der Waals surface area contributed by atoms with Crippen molar-refractivity contribution in [1.82, 2.24) is 16.2 Å². The first-order valence-corrected chi connectivity index (χ1v) is 9.21. The molecule has 1 fully saturated rings. The summed E-state index contributed by atoms with van der Waals surface area (Å²) < 4.78 is 5.67. The fourth-order valence-corrected chi connectivity index (χ4v) is 3.16. The van der Waals surface area contributed by atoms with Crippen LogP contribution in [0.4, 0.5) is 4.79 Å². The number of urea groups is 1. The Balaban J connectivity index is 1.44. The van der Waals surface area contributed by atoms with Crippen LogP contribution in [0.3, 0.4) is 0 Å². The Morgan fingerprint density at radius 2 is 1.74 bits per heavy atom. The van der Waals surface area contributed by atoms with Gasteiger partial charge in [0.2, 0.25) is 0 Å². The molecule has 1 saturated carbocycles. The molecular weight excluding hydrogens is 346 g/mol. The second-order valence-corrected chi connectivity index (χ2v) is 6.86. The van der Waals surface area contributed by atoms with Gasteiger partial charge in [0.25, 0.3) is 5.91 Å². The third kappa shape index (κ3) is 5.34. The number of hydrogen-bond donors (Lipinski definition) is 4. The summed E-state index contributed by atoms with van der Waals surface area (Å²) >= 11 is 0. The lowest BCUT2D eigenvalue weighted by molar-refractivity contribution is -0.128. The number of rotatable bonds is 4. The molecule has 4 N–H and O–H groups in total. The minimum absolute atomic E-state index is 0.0107. The van der Waals surface area contributed by atoms with Gasteiger partial charge in [-0.2, -0.15) is 0 Å². The van der Waals surface area contributed by atoms with Crippen LogP contribution in [-0.4, -0.2) is 35.3 Å². The number of fused-ring (bicyclic) bond motifs is 1. The quantitative estimate of drug-likeness (QED) is 0.619. The largest absolute Gasteiger partial charge is 0.481 e. The molecule has 2 aromatic carbocycles. The fourth-order valence-electron chi connectivity index (χ4n) is 3.16. The van der Waals surface area contributed by atoms with Gasteiger partial charge < -0.3 is 15.2 Å². The van der Waals surface area contributed by atoms with Gasteiger partial charge in [-0.25, -0.2) is 10.2 Å². The van der Waals surface area contributed by atoms with Crippen LogP contribution in [-0.2, 0) is 4.79 Å². The summed E-state index contributed by atoms with van der Waals surface area (Å²) in [4.78, 5) is 24.0. The van der Waals surface area contributed by atoms with Crippen LogP contribution in [0.15, 0.2) is 42.5 Å². The van der Waals surface area contributed by atoms with Crippen LogP contribution >= 0.6 is 0 Å². The second kappa shape index (κ2) is 8.73. The Kier molecular flexibility index (Phi) is 6.13. The van der Waals surface area contributed by atoms with Crippen molar-refractivity contribution < 1.29 is 19.4 Å². The van der Waals surface area contributed by atoms with Crippen molar-refractivity contribution in [2.24, 2.45) is 0 Å². The van der Waals surface area contributed by atoms with E-state index in [9.17, 15) is 14.7 Å². The maximum absolute atomic E-state index is 12.1. The predicted octanol–water partition coefficient (Wildman–Crippen LogP) is 2.24. The van der Waals surface area contributed by atoms with Gasteiger partial charge in [-0.1, -0.05) is 30.3 Å². The number of carbonyl (C=O) groups excluding carboxylic acids is 2. The zero-order valence-electron chi connectivity index (χ0n) is 15.3. The van der Waals surface area contributed by atoms with Gasteiger partial charge in [0.15, 0.2) is 6.10 Å². The number of benzene rings is 2. The molecule has 27 heavy (non-hydrogen) atoms. The summed E-state index contributed by atoms with van der Waals surface area (Å²) in [6, 6.07) is 13.0. The van der Waals surface area contributed by atoms with Gasteiger partial charge in [-0.05, 0) is 55.5 Å². The maximum Gasteiger partial charge on any atom is 0.333 e. The summed E-state index contributed by atoms with van der Waals surface area (Å²) in [7, 11) is 0. The Hall–Kier alpha value is -2.80. The minimum Gasteiger partial charge on any atom is -0.481 e. The number of aliphatic hydroxyl groups excluding tert-OH is 1. The molecule has 3 rings (SSSR count).